The van der Waals surface area contributed by atoms with E-state index in [9.17, 15) is 9.18 Å². The zero-order valence-corrected chi connectivity index (χ0v) is 11.6. The second-order valence-electron chi connectivity index (χ2n) is 4.96. The van der Waals surface area contributed by atoms with E-state index >= 15 is 0 Å². The molecule has 1 unspecified atom stereocenters. The molecular formula is C16H23FO. The summed E-state index contributed by atoms with van der Waals surface area (Å²) >= 11 is 0. The lowest BCUT2D eigenvalue weighted by molar-refractivity contribution is -0.122. The Labute approximate surface area is 109 Å². The smallest absolute Gasteiger partial charge is 0.140 e. The van der Waals surface area contributed by atoms with Gasteiger partial charge in [0.05, 0.1) is 0 Å². The minimum absolute atomic E-state index is 0.132. The van der Waals surface area contributed by atoms with Crippen molar-refractivity contribution < 1.29 is 9.18 Å². The molecule has 0 aliphatic heterocycles. The summed E-state index contributed by atoms with van der Waals surface area (Å²) in [5.74, 6) is 0.122. The minimum Gasteiger partial charge on any atom is -0.299 e. The van der Waals surface area contributed by atoms with Gasteiger partial charge >= 0.3 is 0 Å². The predicted molar refractivity (Wildman–Crippen MR) is 73.2 cm³/mol. The van der Waals surface area contributed by atoms with E-state index in [1.165, 1.54) is 12.1 Å². The topological polar surface area (TPSA) is 17.1 Å². The lowest BCUT2D eigenvalue weighted by Crippen LogP contribution is -2.16. The van der Waals surface area contributed by atoms with Gasteiger partial charge in [0, 0.05) is 12.3 Å². The molecule has 0 N–H and O–H groups in total. The summed E-state index contributed by atoms with van der Waals surface area (Å²) < 4.78 is 13.2. The third-order valence-electron chi connectivity index (χ3n) is 3.53. The number of carbonyl (C=O) groups is 1. The molecule has 0 amide bonds. The molecule has 0 saturated heterocycles. The van der Waals surface area contributed by atoms with Gasteiger partial charge in [-0.15, -0.1) is 0 Å². The van der Waals surface area contributed by atoms with Crippen molar-refractivity contribution in [1.29, 1.82) is 0 Å². The molecule has 1 aromatic carbocycles. The molecule has 100 valence electrons. The van der Waals surface area contributed by atoms with Gasteiger partial charge in [-0.25, -0.2) is 4.39 Å². The van der Waals surface area contributed by atoms with Crippen LogP contribution in [0.5, 0.6) is 0 Å². The average molecular weight is 250 g/mol. The van der Waals surface area contributed by atoms with Crippen LogP contribution >= 0.6 is 0 Å². The number of benzene rings is 1. The first-order valence-electron chi connectivity index (χ1n) is 6.86. The summed E-state index contributed by atoms with van der Waals surface area (Å²) in [4.78, 5) is 12.2. The molecule has 0 saturated carbocycles. The van der Waals surface area contributed by atoms with E-state index in [2.05, 4.69) is 13.8 Å². The number of carbonyl (C=O) groups excluding carboxylic acids is 1. The van der Waals surface area contributed by atoms with Crippen LogP contribution in [0.3, 0.4) is 0 Å². The van der Waals surface area contributed by atoms with Gasteiger partial charge < -0.3 is 0 Å². The molecule has 2 heteroatoms. The standard InChI is InChI=1S/C16H23FO/c1-4-6-7-13(5-2)16(18)11-14-10-15(17)9-8-12(14)3/h8-10,13H,4-7,11H2,1-3H3. The van der Waals surface area contributed by atoms with Crippen molar-refractivity contribution in [3.8, 4) is 0 Å². The Hall–Kier alpha value is -1.18. The van der Waals surface area contributed by atoms with E-state index in [1.54, 1.807) is 6.07 Å². The quantitative estimate of drug-likeness (QED) is 0.698. The SMILES string of the molecule is CCCCC(CC)C(=O)Cc1cc(F)ccc1C. The predicted octanol–water partition coefficient (Wildman–Crippen LogP) is 4.46. The van der Waals surface area contributed by atoms with Gasteiger partial charge in [0.1, 0.15) is 11.6 Å². The monoisotopic (exact) mass is 250 g/mol. The Morgan fingerprint density at radius 1 is 1.33 bits per heavy atom. The second kappa shape index (κ2) is 7.30. The summed E-state index contributed by atoms with van der Waals surface area (Å²) in [7, 11) is 0. The highest BCUT2D eigenvalue weighted by molar-refractivity contribution is 5.83. The summed E-state index contributed by atoms with van der Waals surface area (Å²) in [5, 5.41) is 0. The molecule has 0 aliphatic carbocycles. The van der Waals surface area contributed by atoms with E-state index in [1.807, 2.05) is 6.92 Å². The Morgan fingerprint density at radius 2 is 2.06 bits per heavy atom. The van der Waals surface area contributed by atoms with Crippen LogP contribution < -0.4 is 0 Å². The number of hydrogen-bond donors (Lipinski definition) is 0. The largest absolute Gasteiger partial charge is 0.299 e. The van der Waals surface area contributed by atoms with E-state index in [0.29, 0.717) is 6.42 Å². The van der Waals surface area contributed by atoms with Crippen molar-refractivity contribution >= 4 is 5.78 Å². The maximum atomic E-state index is 13.2. The first kappa shape index (κ1) is 14.9. The number of ketones is 1. The zero-order valence-electron chi connectivity index (χ0n) is 11.6. The highest BCUT2D eigenvalue weighted by Crippen LogP contribution is 2.18. The van der Waals surface area contributed by atoms with Crippen LogP contribution in [-0.2, 0) is 11.2 Å². The van der Waals surface area contributed by atoms with Gasteiger partial charge in [-0.3, -0.25) is 4.79 Å². The molecule has 0 bridgehead atoms. The lowest BCUT2D eigenvalue weighted by Gasteiger charge is -2.14. The molecule has 1 rings (SSSR count). The Balaban J connectivity index is 2.70. The van der Waals surface area contributed by atoms with Crippen molar-refractivity contribution in [3.05, 3.63) is 35.1 Å². The van der Waals surface area contributed by atoms with Crippen LogP contribution in [0, 0.1) is 18.7 Å². The van der Waals surface area contributed by atoms with E-state index in [0.717, 1.165) is 36.8 Å². The fourth-order valence-corrected chi connectivity index (χ4v) is 2.21. The first-order valence-corrected chi connectivity index (χ1v) is 6.86. The van der Waals surface area contributed by atoms with Crippen molar-refractivity contribution in [2.24, 2.45) is 5.92 Å². The van der Waals surface area contributed by atoms with Gasteiger partial charge in [0.25, 0.3) is 0 Å². The molecular weight excluding hydrogens is 227 g/mol. The molecule has 0 heterocycles. The summed E-state index contributed by atoms with van der Waals surface area (Å²) in [6.07, 6.45) is 4.41. The molecule has 1 aromatic rings. The normalized spacial score (nSPS) is 12.4. The van der Waals surface area contributed by atoms with Crippen LogP contribution in [0.25, 0.3) is 0 Å². The molecule has 0 spiro atoms. The van der Waals surface area contributed by atoms with Crippen molar-refractivity contribution in [1.82, 2.24) is 0 Å². The van der Waals surface area contributed by atoms with Crippen LogP contribution in [0.2, 0.25) is 0 Å². The van der Waals surface area contributed by atoms with Crippen LogP contribution in [0.4, 0.5) is 4.39 Å². The highest BCUT2D eigenvalue weighted by atomic mass is 19.1. The highest BCUT2D eigenvalue weighted by Gasteiger charge is 2.17. The fraction of sp³-hybridized carbons (Fsp3) is 0.562. The number of hydrogen-bond acceptors (Lipinski definition) is 1. The number of unbranched alkanes of at least 4 members (excludes halogenated alkanes) is 1. The first-order chi connectivity index (χ1) is 8.58. The van der Waals surface area contributed by atoms with Crippen LogP contribution in [0.1, 0.15) is 50.7 Å². The number of rotatable bonds is 7. The molecule has 0 aromatic heterocycles. The molecule has 18 heavy (non-hydrogen) atoms. The Bertz CT molecular complexity index is 398. The Kier molecular flexibility index (Phi) is 6.03. The van der Waals surface area contributed by atoms with Crippen LogP contribution in [0.15, 0.2) is 18.2 Å². The summed E-state index contributed by atoms with van der Waals surface area (Å²) in [5.41, 5.74) is 1.82. The fourth-order valence-electron chi connectivity index (χ4n) is 2.21. The molecule has 1 atom stereocenters. The van der Waals surface area contributed by atoms with Gasteiger partial charge in [-0.1, -0.05) is 32.8 Å². The number of aryl methyl sites for hydroxylation is 1. The molecule has 0 radical (unpaired) electrons. The maximum absolute atomic E-state index is 13.2. The van der Waals surface area contributed by atoms with E-state index in [-0.39, 0.29) is 17.5 Å². The molecule has 0 aliphatic rings. The third kappa shape index (κ3) is 4.25. The van der Waals surface area contributed by atoms with Crippen LogP contribution in [-0.4, -0.2) is 5.78 Å². The summed E-state index contributed by atoms with van der Waals surface area (Å²) in [6, 6.07) is 4.67. The van der Waals surface area contributed by atoms with E-state index < -0.39 is 0 Å². The molecule has 1 nitrogen and oxygen atoms in total. The third-order valence-corrected chi connectivity index (χ3v) is 3.53. The minimum atomic E-state index is -0.259. The van der Waals surface area contributed by atoms with Gasteiger partial charge in [0.2, 0.25) is 0 Å². The van der Waals surface area contributed by atoms with Crippen molar-refractivity contribution in [2.45, 2.75) is 52.9 Å². The van der Waals surface area contributed by atoms with Gasteiger partial charge in [-0.2, -0.15) is 0 Å². The second-order valence-corrected chi connectivity index (χ2v) is 4.96. The number of halogens is 1. The zero-order chi connectivity index (χ0) is 13.5. The van der Waals surface area contributed by atoms with E-state index in [4.69, 9.17) is 0 Å². The average Bonchev–Trinajstić information content (AvgIpc) is 2.35. The lowest BCUT2D eigenvalue weighted by atomic mass is 9.90. The molecule has 0 fully saturated rings. The number of Topliss-reactive ketones (excluding diaryl/α,β-unsaturated/α-hetero) is 1. The van der Waals surface area contributed by atoms with Crippen molar-refractivity contribution in [3.63, 3.8) is 0 Å². The Morgan fingerprint density at radius 3 is 2.67 bits per heavy atom. The maximum Gasteiger partial charge on any atom is 0.140 e. The van der Waals surface area contributed by atoms with Crippen molar-refractivity contribution in [2.75, 3.05) is 0 Å². The summed E-state index contributed by atoms with van der Waals surface area (Å²) in [6.45, 7) is 6.11. The van der Waals surface area contributed by atoms with Gasteiger partial charge in [-0.05, 0) is 43.0 Å². The van der Waals surface area contributed by atoms with Gasteiger partial charge in [0.15, 0.2) is 0 Å².